The molecule has 0 atom stereocenters. The highest BCUT2D eigenvalue weighted by Gasteiger charge is 2.30. The Kier molecular flexibility index (Phi) is 5.79. The fourth-order valence-corrected chi connectivity index (χ4v) is 2.70. The summed E-state index contributed by atoms with van der Waals surface area (Å²) < 4.78 is 37.9. The van der Waals surface area contributed by atoms with E-state index in [9.17, 15) is 22.8 Å². The van der Waals surface area contributed by atoms with Crippen LogP contribution in [0.4, 0.5) is 24.5 Å². The second-order valence-electron chi connectivity index (χ2n) is 6.42. The van der Waals surface area contributed by atoms with Gasteiger partial charge in [0.25, 0.3) is 5.91 Å². The number of hydrogen-bond acceptors (Lipinski definition) is 3. The summed E-state index contributed by atoms with van der Waals surface area (Å²) in [6.07, 6.45) is -2.54. The molecule has 0 unspecified atom stereocenters. The summed E-state index contributed by atoms with van der Waals surface area (Å²) in [4.78, 5) is 24.1. The van der Waals surface area contributed by atoms with Crippen LogP contribution in [-0.2, 0) is 11.0 Å². The van der Waals surface area contributed by atoms with Crippen molar-refractivity contribution in [2.75, 3.05) is 17.2 Å². The molecule has 0 radical (unpaired) electrons. The van der Waals surface area contributed by atoms with E-state index in [1.54, 1.807) is 24.3 Å². The number of carbonyl (C=O) groups excluding carboxylic acids is 2. The average molecular weight is 412 g/mol. The van der Waals surface area contributed by atoms with E-state index in [1.165, 1.54) is 6.07 Å². The van der Waals surface area contributed by atoms with Crippen LogP contribution in [0.3, 0.4) is 0 Å². The maximum atomic E-state index is 12.6. The standard InChI is InChI=1S/C19H17ClF3N3O2/c20-15-9-12(19(21,22)23)4-7-16(15)24-10-17(27)25-14-3-1-2-11(8-14)18(28)26-13-5-6-13/h1-4,7-9,13,24H,5-6,10H2,(H,25,27)(H,26,28). The molecule has 2 amide bonds. The van der Waals surface area contributed by atoms with Crippen LogP contribution in [0.15, 0.2) is 42.5 Å². The zero-order chi connectivity index (χ0) is 20.3. The molecule has 1 aliphatic rings. The minimum absolute atomic E-state index is 0.138. The summed E-state index contributed by atoms with van der Waals surface area (Å²) >= 11 is 5.84. The Morgan fingerprint density at radius 3 is 2.50 bits per heavy atom. The van der Waals surface area contributed by atoms with Gasteiger partial charge in [0.2, 0.25) is 5.91 Å². The van der Waals surface area contributed by atoms with Gasteiger partial charge in [-0.25, -0.2) is 0 Å². The maximum absolute atomic E-state index is 12.6. The van der Waals surface area contributed by atoms with Crippen molar-refractivity contribution in [2.45, 2.75) is 25.1 Å². The van der Waals surface area contributed by atoms with Gasteiger partial charge in [-0.1, -0.05) is 17.7 Å². The zero-order valence-corrected chi connectivity index (χ0v) is 15.3. The molecule has 0 heterocycles. The van der Waals surface area contributed by atoms with Gasteiger partial charge in [0.15, 0.2) is 0 Å². The smallest absolute Gasteiger partial charge is 0.375 e. The summed E-state index contributed by atoms with van der Waals surface area (Å²) in [6, 6.07) is 9.56. The molecule has 0 spiro atoms. The molecule has 9 heteroatoms. The molecule has 1 aliphatic carbocycles. The van der Waals surface area contributed by atoms with Crippen LogP contribution < -0.4 is 16.0 Å². The van der Waals surface area contributed by atoms with Crippen molar-refractivity contribution < 1.29 is 22.8 Å². The molecule has 0 bridgehead atoms. The monoisotopic (exact) mass is 411 g/mol. The highest BCUT2D eigenvalue weighted by atomic mass is 35.5. The average Bonchev–Trinajstić information content (AvgIpc) is 3.44. The van der Waals surface area contributed by atoms with Crippen LogP contribution in [0, 0.1) is 0 Å². The molecule has 1 fully saturated rings. The Balaban J connectivity index is 1.56. The van der Waals surface area contributed by atoms with Gasteiger partial charge in [0.05, 0.1) is 22.8 Å². The second-order valence-corrected chi connectivity index (χ2v) is 6.83. The van der Waals surface area contributed by atoms with E-state index in [2.05, 4.69) is 16.0 Å². The minimum atomic E-state index is -4.49. The molecular formula is C19H17ClF3N3O2. The van der Waals surface area contributed by atoms with Crippen LogP contribution in [0.1, 0.15) is 28.8 Å². The van der Waals surface area contributed by atoms with Crippen molar-refractivity contribution in [1.29, 1.82) is 0 Å². The Labute approximate surface area is 164 Å². The third kappa shape index (κ3) is 5.39. The number of benzene rings is 2. The Morgan fingerprint density at radius 2 is 1.86 bits per heavy atom. The lowest BCUT2D eigenvalue weighted by molar-refractivity contribution is -0.137. The molecule has 3 N–H and O–H groups in total. The van der Waals surface area contributed by atoms with E-state index in [0.717, 1.165) is 25.0 Å². The lowest BCUT2D eigenvalue weighted by atomic mass is 10.2. The number of amides is 2. The lowest BCUT2D eigenvalue weighted by Gasteiger charge is -2.12. The summed E-state index contributed by atoms with van der Waals surface area (Å²) in [7, 11) is 0. The maximum Gasteiger partial charge on any atom is 0.416 e. The van der Waals surface area contributed by atoms with Gasteiger partial charge in [-0.3, -0.25) is 9.59 Å². The summed E-state index contributed by atoms with van der Waals surface area (Å²) in [6.45, 7) is -0.205. The van der Waals surface area contributed by atoms with Gasteiger partial charge in [-0.2, -0.15) is 13.2 Å². The zero-order valence-electron chi connectivity index (χ0n) is 14.6. The van der Waals surface area contributed by atoms with Crippen molar-refractivity contribution in [3.63, 3.8) is 0 Å². The predicted molar refractivity (Wildman–Crippen MR) is 101 cm³/mol. The normalized spacial score (nSPS) is 13.7. The number of anilines is 2. The number of carbonyl (C=O) groups is 2. The number of halogens is 4. The first kappa shape index (κ1) is 20.0. The number of nitrogens with one attached hydrogen (secondary N) is 3. The molecule has 1 saturated carbocycles. The van der Waals surface area contributed by atoms with E-state index in [4.69, 9.17) is 11.6 Å². The first-order valence-electron chi connectivity index (χ1n) is 8.54. The molecule has 0 aliphatic heterocycles. The third-order valence-corrected chi connectivity index (χ3v) is 4.37. The SMILES string of the molecule is O=C(CNc1ccc(C(F)(F)F)cc1Cl)Nc1cccc(C(=O)NC2CC2)c1. The van der Waals surface area contributed by atoms with Crippen LogP contribution in [0.5, 0.6) is 0 Å². The Hall–Kier alpha value is -2.74. The molecule has 3 rings (SSSR count). The summed E-state index contributed by atoms with van der Waals surface area (Å²) in [5.74, 6) is -0.635. The van der Waals surface area contributed by atoms with Gasteiger partial charge in [0.1, 0.15) is 0 Å². The first-order valence-corrected chi connectivity index (χ1v) is 8.91. The molecule has 148 valence electrons. The van der Waals surface area contributed by atoms with Gasteiger partial charge in [0, 0.05) is 17.3 Å². The number of alkyl halides is 3. The largest absolute Gasteiger partial charge is 0.416 e. The quantitative estimate of drug-likeness (QED) is 0.663. The van der Waals surface area contributed by atoms with Gasteiger partial charge < -0.3 is 16.0 Å². The topological polar surface area (TPSA) is 70.2 Å². The Morgan fingerprint density at radius 1 is 1.11 bits per heavy atom. The van der Waals surface area contributed by atoms with Gasteiger partial charge in [-0.15, -0.1) is 0 Å². The van der Waals surface area contributed by atoms with Crippen molar-refractivity contribution in [3.05, 3.63) is 58.6 Å². The van der Waals surface area contributed by atoms with E-state index in [0.29, 0.717) is 11.3 Å². The summed E-state index contributed by atoms with van der Waals surface area (Å²) in [5, 5.41) is 8.04. The van der Waals surface area contributed by atoms with Crippen molar-refractivity contribution in [2.24, 2.45) is 0 Å². The molecular weight excluding hydrogens is 395 g/mol. The van der Waals surface area contributed by atoms with Crippen LogP contribution in [0.2, 0.25) is 5.02 Å². The second kappa shape index (κ2) is 8.10. The molecule has 0 saturated heterocycles. The summed E-state index contributed by atoms with van der Waals surface area (Å²) in [5.41, 5.74) is 0.216. The van der Waals surface area contributed by atoms with E-state index < -0.39 is 17.6 Å². The van der Waals surface area contributed by atoms with Crippen molar-refractivity contribution in [3.8, 4) is 0 Å². The van der Waals surface area contributed by atoms with Crippen molar-refractivity contribution in [1.82, 2.24) is 5.32 Å². The highest BCUT2D eigenvalue weighted by Crippen LogP contribution is 2.33. The molecule has 0 aromatic heterocycles. The van der Waals surface area contributed by atoms with E-state index in [-0.39, 0.29) is 29.2 Å². The van der Waals surface area contributed by atoms with Crippen molar-refractivity contribution >= 4 is 34.8 Å². The number of hydrogen-bond donors (Lipinski definition) is 3. The molecule has 5 nitrogen and oxygen atoms in total. The minimum Gasteiger partial charge on any atom is -0.375 e. The van der Waals surface area contributed by atoms with Gasteiger partial charge >= 0.3 is 6.18 Å². The Bertz CT molecular complexity index is 898. The van der Waals surface area contributed by atoms with Gasteiger partial charge in [-0.05, 0) is 49.2 Å². The molecule has 2 aromatic rings. The fourth-order valence-electron chi connectivity index (χ4n) is 2.45. The predicted octanol–water partition coefficient (Wildman–Crippen LogP) is 4.30. The van der Waals surface area contributed by atoms with E-state index in [1.807, 2.05) is 0 Å². The lowest BCUT2D eigenvalue weighted by Crippen LogP contribution is -2.26. The molecule has 2 aromatic carbocycles. The van der Waals surface area contributed by atoms with Crippen LogP contribution in [-0.4, -0.2) is 24.4 Å². The van der Waals surface area contributed by atoms with Crippen LogP contribution >= 0.6 is 11.6 Å². The van der Waals surface area contributed by atoms with Crippen LogP contribution in [0.25, 0.3) is 0 Å². The third-order valence-electron chi connectivity index (χ3n) is 4.06. The fraction of sp³-hybridized carbons (Fsp3) is 0.263. The van der Waals surface area contributed by atoms with E-state index >= 15 is 0 Å². The molecule has 28 heavy (non-hydrogen) atoms. The highest BCUT2D eigenvalue weighted by molar-refractivity contribution is 6.33. The number of rotatable bonds is 6. The first-order chi connectivity index (χ1) is 13.2.